The molecule has 4 aromatic rings. The van der Waals surface area contributed by atoms with Gasteiger partial charge in [-0.1, -0.05) is 48.5 Å². The fourth-order valence-electron chi connectivity index (χ4n) is 2.83. The molecule has 4 rings (SSSR count). The SMILES string of the molecule is CCCn1c(SCc2csc(-c3cccc(C)c3)n2)nnc1-c1cccs1. The topological polar surface area (TPSA) is 43.6 Å². The zero-order valence-corrected chi connectivity index (χ0v) is 17.7. The number of hydrogen-bond acceptors (Lipinski definition) is 6. The first-order valence-electron chi connectivity index (χ1n) is 8.86. The Kier molecular flexibility index (Phi) is 5.71. The van der Waals surface area contributed by atoms with Crippen LogP contribution in [0.5, 0.6) is 0 Å². The summed E-state index contributed by atoms with van der Waals surface area (Å²) in [7, 11) is 0. The highest BCUT2D eigenvalue weighted by Crippen LogP contribution is 2.31. The molecule has 0 bridgehead atoms. The molecule has 4 nitrogen and oxygen atoms in total. The number of thiophene rings is 1. The number of aryl methyl sites for hydroxylation is 1. The molecule has 0 N–H and O–H groups in total. The molecule has 0 atom stereocenters. The van der Waals surface area contributed by atoms with Crippen LogP contribution >= 0.6 is 34.4 Å². The van der Waals surface area contributed by atoms with Crippen LogP contribution in [0.3, 0.4) is 0 Å². The van der Waals surface area contributed by atoms with E-state index in [-0.39, 0.29) is 0 Å². The van der Waals surface area contributed by atoms with Gasteiger partial charge in [0, 0.05) is 23.2 Å². The molecule has 1 aromatic carbocycles. The van der Waals surface area contributed by atoms with Crippen LogP contribution in [0.4, 0.5) is 0 Å². The summed E-state index contributed by atoms with van der Waals surface area (Å²) in [5.74, 6) is 1.77. The lowest BCUT2D eigenvalue weighted by molar-refractivity contribution is 0.627. The normalized spacial score (nSPS) is 11.2. The van der Waals surface area contributed by atoms with Crippen molar-refractivity contribution in [2.75, 3.05) is 0 Å². The molecule has 0 saturated heterocycles. The van der Waals surface area contributed by atoms with E-state index in [1.807, 2.05) is 0 Å². The Balaban J connectivity index is 1.51. The molecule has 0 saturated carbocycles. The van der Waals surface area contributed by atoms with E-state index in [4.69, 9.17) is 4.98 Å². The van der Waals surface area contributed by atoms with Crippen LogP contribution in [0.2, 0.25) is 0 Å². The maximum Gasteiger partial charge on any atom is 0.191 e. The van der Waals surface area contributed by atoms with E-state index in [1.54, 1.807) is 34.4 Å². The molecule has 0 aliphatic carbocycles. The van der Waals surface area contributed by atoms with Gasteiger partial charge in [-0.3, -0.25) is 0 Å². The molecule has 27 heavy (non-hydrogen) atoms. The zero-order valence-electron chi connectivity index (χ0n) is 15.3. The van der Waals surface area contributed by atoms with Gasteiger partial charge in [0.05, 0.1) is 10.6 Å². The van der Waals surface area contributed by atoms with Crippen molar-refractivity contribution in [2.24, 2.45) is 0 Å². The highest BCUT2D eigenvalue weighted by atomic mass is 32.2. The van der Waals surface area contributed by atoms with Crippen molar-refractivity contribution in [1.82, 2.24) is 19.7 Å². The van der Waals surface area contributed by atoms with Crippen LogP contribution < -0.4 is 0 Å². The predicted octanol–water partition coefficient (Wildman–Crippen LogP) is 6.14. The Labute approximate surface area is 171 Å². The third kappa shape index (κ3) is 4.15. The maximum atomic E-state index is 4.81. The second-order valence-electron chi connectivity index (χ2n) is 6.24. The number of aromatic nitrogens is 4. The minimum absolute atomic E-state index is 0.800. The average molecular weight is 413 g/mol. The summed E-state index contributed by atoms with van der Waals surface area (Å²) in [4.78, 5) is 5.98. The van der Waals surface area contributed by atoms with Crippen LogP contribution in [0.25, 0.3) is 21.3 Å². The molecule has 0 aliphatic rings. The predicted molar refractivity (Wildman–Crippen MR) is 115 cm³/mol. The minimum atomic E-state index is 0.800. The van der Waals surface area contributed by atoms with Gasteiger partial charge in [0.2, 0.25) is 0 Å². The van der Waals surface area contributed by atoms with Gasteiger partial charge in [0.1, 0.15) is 5.01 Å². The molecule has 0 fully saturated rings. The van der Waals surface area contributed by atoms with Crippen molar-refractivity contribution < 1.29 is 0 Å². The molecule has 7 heteroatoms. The van der Waals surface area contributed by atoms with Gasteiger partial charge in [0.25, 0.3) is 0 Å². The summed E-state index contributed by atoms with van der Waals surface area (Å²) in [6, 6.07) is 12.7. The quantitative estimate of drug-likeness (QED) is 0.342. The second kappa shape index (κ2) is 8.37. The third-order valence-electron chi connectivity index (χ3n) is 4.07. The summed E-state index contributed by atoms with van der Waals surface area (Å²) in [6.45, 7) is 5.22. The Morgan fingerprint density at radius 2 is 2.04 bits per heavy atom. The van der Waals surface area contributed by atoms with Gasteiger partial charge in [-0.25, -0.2) is 4.98 Å². The molecule has 138 valence electrons. The third-order valence-corrected chi connectivity index (χ3v) is 6.88. The molecule has 0 unspecified atom stereocenters. The Morgan fingerprint density at radius 1 is 1.11 bits per heavy atom. The molecule has 0 aliphatic heterocycles. The second-order valence-corrected chi connectivity index (χ2v) is 8.99. The van der Waals surface area contributed by atoms with Gasteiger partial charge in [-0.15, -0.1) is 32.9 Å². The van der Waals surface area contributed by atoms with E-state index in [0.29, 0.717) is 0 Å². The monoisotopic (exact) mass is 412 g/mol. The summed E-state index contributed by atoms with van der Waals surface area (Å²) in [5.41, 5.74) is 3.53. The zero-order chi connectivity index (χ0) is 18.6. The molecule has 0 spiro atoms. The molecular weight excluding hydrogens is 392 g/mol. The first kappa shape index (κ1) is 18.4. The van der Waals surface area contributed by atoms with Crippen molar-refractivity contribution in [2.45, 2.75) is 37.7 Å². The van der Waals surface area contributed by atoms with Crippen molar-refractivity contribution in [1.29, 1.82) is 0 Å². The lowest BCUT2D eigenvalue weighted by Gasteiger charge is -2.07. The fourth-order valence-corrected chi connectivity index (χ4v) is 5.33. The molecule has 0 radical (unpaired) electrons. The minimum Gasteiger partial charge on any atom is -0.301 e. The van der Waals surface area contributed by atoms with Gasteiger partial charge < -0.3 is 4.57 Å². The van der Waals surface area contributed by atoms with Crippen molar-refractivity contribution in [3.8, 4) is 21.3 Å². The van der Waals surface area contributed by atoms with Crippen molar-refractivity contribution >= 4 is 34.4 Å². The maximum absolute atomic E-state index is 4.81. The molecule has 3 heterocycles. The number of thioether (sulfide) groups is 1. The van der Waals surface area contributed by atoms with Crippen LogP contribution in [0.15, 0.2) is 52.3 Å². The highest BCUT2D eigenvalue weighted by Gasteiger charge is 2.15. The van der Waals surface area contributed by atoms with Gasteiger partial charge in [-0.2, -0.15) is 0 Å². The molecule has 3 aromatic heterocycles. The summed E-state index contributed by atoms with van der Waals surface area (Å²) in [6.07, 6.45) is 1.05. The van der Waals surface area contributed by atoms with E-state index >= 15 is 0 Å². The largest absolute Gasteiger partial charge is 0.301 e. The van der Waals surface area contributed by atoms with Crippen molar-refractivity contribution in [3.63, 3.8) is 0 Å². The van der Waals surface area contributed by atoms with E-state index in [1.165, 1.54) is 11.1 Å². The molecule has 0 amide bonds. The lowest BCUT2D eigenvalue weighted by Crippen LogP contribution is -2.01. The van der Waals surface area contributed by atoms with Gasteiger partial charge >= 0.3 is 0 Å². The summed E-state index contributed by atoms with van der Waals surface area (Å²) in [5, 5.41) is 15.1. The summed E-state index contributed by atoms with van der Waals surface area (Å²) < 4.78 is 2.23. The van der Waals surface area contributed by atoms with Gasteiger partial charge in [0.15, 0.2) is 11.0 Å². The van der Waals surface area contributed by atoms with Crippen LogP contribution in [-0.4, -0.2) is 19.7 Å². The van der Waals surface area contributed by atoms with E-state index < -0.39 is 0 Å². The first-order chi connectivity index (χ1) is 13.2. The number of hydrogen-bond donors (Lipinski definition) is 0. The first-order valence-corrected chi connectivity index (χ1v) is 11.6. The number of benzene rings is 1. The van der Waals surface area contributed by atoms with E-state index in [9.17, 15) is 0 Å². The lowest BCUT2D eigenvalue weighted by atomic mass is 10.1. The van der Waals surface area contributed by atoms with E-state index in [2.05, 4.69) is 75.8 Å². The van der Waals surface area contributed by atoms with Crippen LogP contribution in [0, 0.1) is 6.92 Å². The standard InChI is InChI=1S/C20H20N4S3/c1-3-9-24-18(17-8-5-10-25-17)22-23-20(24)27-13-16-12-26-19(21-16)15-7-4-6-14(2)11-15/h4-8,10-12H,3,9,13H2,1-2H3. The summed E-state index contributed by atoms with van der Waals surface area (Å²) >= 11 is 5.11. The molecular formula is C20H20N4S3. The fraction of sp³-hybridized carbons (Fsp3) is 0.250. The Bertz CT molecular complexity index is 1020. The number of thiazole rings is 1. The van der Waals surface area contributed by atoms with Gasteiger partial charge in [-0.05, 0) is 30.9 Å². The van der Waals surface area contributed by atoms with Crippen molar-refractivity contribution in [3.05, 3.63) is 58.4 Å². The number of nitrogens with zero attached hydrogens (tertiary/aromatic N) is 4. The van der Waals surface area contributed by atoms with Crippen LogP contribution in [0.1, 0.15) is 24.6 Å². The van der Waals surface area contributed by atoms with E-state index in [0.717, 1.165) is 45.3 Å². The smallest absolute Gasteiger partial charge is 0.191 e. The highest BCUT2D eigenvalue weighted by molar-refractivity contribution is 7.98. The number of rotatable bonds is 7. The Morgan fingerprint density at radius 3 is 2.81 bits per heavy atom. The average Bonchev–Trinajstić information content (AvgIpc) is 3.41. The Hall–Kier alpha value is -1.96. The van der Waals surface area contributed by atoms with Crippen LogP contribution in [-0.2, 0) is 12.3 Å².